The number of allylic oxidation sites excluding steroid dienone is 1. The fourth-order valence-electron chi connectivity index (χ4n) is 3.81. The summed E-state index contributed by atoms with van der Waals surface area (Å²) in [7, 11) is 0. The number of urea groups is 1. The average Bonchev–Trinajstić information content (AvgIpc) is 3.67. The molecule has 8 nitrogen and oxygen atoms in total. The number of carbonyl (C=O) groups is 2. The summed E-state index contributed by atoms with van der Waals surface area (Å²) in [5.41, 5.74) is 4.78. The zero-order chi connectivity index (χ0) is 23.4. The summed E-state index contributed by atoms with van der Waals surface area (Å²) in [4.78, 5) is 30.6. The Morgan fingerprint density at radius 2 is 2.06 bits per heavy atom. The Morgan fingerprint density at radius 1 is 1.24 bits per heavy atom. The molecule has 33 heavy (non-hydrogen) atoms. The Labute approximate surface area is 193 Å². The molecule has 1 aromatic heterocycles. The number of rotatable bonds is 6. The predicted molar refractivity (Wildman–Crippen MR) is 128 cm³/mol. The number of anilines is 2. The van der Waals surface area contributed by atoms with Crippen LogP contribution in [0.3, 0.4) is 0 Å². The molecule has 4 rings (SSSR count). The molecule has 0 bridgehead atoms. The van der Waals surface area contributed by atoms with Gasteiger partial charge in [-0.2, -0.15) is 0 Å². The van der Waals surface area contributed by atoms with Crippen LogP contribution in [0.1, 0.15) is 36.5 Å². The maximum atomic E-state index is 12.7. The third kappa shape index (κ3) is 5.97. The molecule has 1 aliphatic heterocycles. The zero-order valence-electron chi connectivity index (χ0n) is 19.0. The lowest BCUT2D eigenvalue weighted by Gasteiger charge is -2.32. The average molecular weight is 451 g/mol. The van der Waals surface area contributed by atoms with Crippen molar-refractivity contribution in [2.24, 2.45) is 5.92 Å². The maximum absolute atomic E-state index is 12.7. The monoisotopic (exact) mass is 450 g/mol. The van der Waals surface area contributed by atoms with E-state index < -0.39 is 0 Å². The number of nitrogens with one attached hydrogen (secondary N) is 2. The molecule has 3 amide bonds. The smallest absolute Gasteiger partial charge is 0.322 e. The molecular formula is C25H30N4O4. The number of aliphatic hydroxyl groups is 1. The zero-order valence-corrected chi connectivity index (χ0v) is 19.0. The molecule has 0 radical (unpaired) electrons. The number of aryl methyl sites for hydroxylation is 1. The van der Waals surface area contributed by atoms with Crippen LogP contribution < -0.4 is 10.6 Å². The molecule has 1 atom stereocenters. The molecular weight excluding hydrogens is 420 g/mol. The number of aromatic nitrogens is 1. The number of aliphatic hydroxyl groups excluding tert-OH is 1. The van der Waals surface area contributed by atoms with Gasteiger partial charge in [0.15, 0.2) is 0 Å². The SMILES string of the molecule is C/C(=C\c1ccc(NC(=O)C2CC2)nc1)c1cc(NC(=O)N2CCOC(CO)C2)ccc1C. The number of pyridine rings is 1. The van der Waals surface area contributed by atoms with Gasteiger partial charge in [0.05, 0.1) is 25.9 Å². The van der Waals surface area contributed by atoms with Crippen molar-refractivity contribution in [2.75, 3.05) is 36.9 Å². The van der Waals surface area contributed by atoms with E-state index in [0.717, 1.165) is 35.1 Å². The largest absolute Gasteiger partial charge is 0.394 e. The van der Waals surface area contributed by atoms with Gasteiger partial charge in [0.2, 0.25) is 5.91 Å². The van der Waals surface area contributed by atoms with Crippen molar-refractivity contribution < 1.29 is 19.4 Å². The first kappa shape index (κ1) is 22.9. The van der Waals surface area contributed by atoms with E-state index in [9.17, 15) is 14.7 Å². The van der Waals surface area contributed by atoms with Crippen molar-refractivity contribution in [3.63, 3.8) is 0 Å². The second-order valence-corrected chi connectivity index (χ2v) is 8.65. The lowest BCUT2D eigenvalue weighted by atomic mass is 9.99. The van der Waals surface area contributed by atoms with Gasteiger partial charge >= 0.3 is 6.03 Å². The number of benzene rings is 1. The summed E-state index contributed by atoms with van der Waals surface area (Å²) in [5.74, 6) is 0.748. The van der Waals surface area contributed by atoms with Crippen molar-refractivity contribution in [1.29, 1.82) is 0 Å². The lowest BCUT2D eigenvalue weighted by molar-refractivity contribution is -0.117. The molecule has 174 valence electrons. The van der Waals surface area contributed by atoms with Gasteiger partial charge in [-0.15, -0.1) is 0 Å². The van der Waals surface area contributed by atoms with Crippen molar-refractivity contribution in [3.05, 3.63) is 53.2 Å². The van der Waals surface area contributed by atoms with E-state index in [-0.39, 0.29) is 30.6 Å². The molecule has 1 aromatic carbocycles. The van der Waals surface area contributed by atoms with Crippen molar-refractivity contribution in [1.82, 2.24) is 9.88 Å². The van der Waals surface area contributed by atoms with Crippen LogP contribution in [0.5, 0.6) is 0 Å². The van der Waals surface area contributed by atoms with Crippen LogP contribution in [-0.2, 0) is 9.53 Å². The van der Waals surface area contributed by atoms with E-state index in [1.54, 1.807) is 11.1 Å². The van der Waals surface area contributed by atoms with Crippen molar-refractivity contribution in [2.45, 2.75) is 32.8 Å². The molecule has 1 saturated heterocycles. The summed E-state index contributed by atoms with van der Waals surface area (Å²) >= 11 is 0. The molecule has 1 saturated carbocycles. The van der Waals surface area contributed by atoms with Crippen LogP contribution in [0.25, 0.3) is 11.6 Å². The molecule has 1 aliphatic carbocycles. The van der Waals surface area contributed by atoms with E-state index in [2.05, 4.69) is 15.6 Å². The van der Waals surface area contributed by atoms with Crippen LogP contribution in [0, 0.1) is 12.8 Å². The molecule has 1 unspecified atom stereocenters. The van der Waals surface area contributed by atoms with Crippen LogP contribution in [-0.4, -0.2) is 59.3 Å². The highest BCUT2D eigenvalue weighted by molar-refractivity contribution is 5.93. The Balaban J connectivity index is 1.43. The number of amides is 3. The van der Waals surface area contributed by atoms with E-state index in [0.29, 0.717) is 31.2 Å². The summed E-state index contributed by atoms with van der Waals surface area (Å²) in [6.45, 7) is 5.21. The fourth-order valence-corrected chi connectivity index (χ4v) is 3.81. The second-order valence-electron chi connectivity index (χ2n) is 8.65. The summed E-state index contributed by atoms with van der Waals surface area (Å²) in [5, 5.41) is 15.1. The van der Waals surface area contributed by atoms with E-state index >= 15 is 0 Å². The van der Waals surface area contributed by atoms with Gasteiger partial charge in [-0.25, -0.2) is 9.78 Å². The first-order valence-corrected chi connectivity index (χ1v) is 11.3. The van der Waals surface area contributed by atoms with Gasteiger partial charge in [0.25, 0.3) is 0 Å². The third-order valence-electron chi connectivity index (χ3n) is 5.91. The Bertz CT molecular complexity index is 1050. The minimum atomic E-state index is -0.342. The number of nitrogens with zero attached hydrogens (tertiary/aromatic N) is 2. The van der Waals surface area contributed by atoms with E-state index in [4.69, 9.17) is 4.74 Å². The molecule has 0 spiro atoms. The van der Waals surface area contributed by atoms with Crippen LogP contribution >= 0.6 is 0 Å². The van der Waals surface area contributed by atoms with Gasteiger partial charge in [-0.1, -0.05) is 6.07 Å². The molecule has 3 N–H and O–H groups in total. The van der Waals surface area contributed by atoms with E-state index in [1.165, 1.54) is 0 Å². The third-order valence-corrected chi connectivity index (χ3v) is 5.91. The first-order chi connectivity index (χ1) is 15.9. The van der Waals surface area contributed by atoms with E-state index in [1.807, 2.05) is 50.3 Å². The fraction of sp³-hybridized carbons (Fsp3) is 0.400. The standard InChI is InChI=1S/C25H30N4O4/c1-16-3-7-20(27-25(32)29-9-10-33-21(14-29)15-30)12-22(16)17(2)11-18-4-8-23(26-13-18)28-24(31)19-5-6-19/h3-4,7-8,11-13,19,21,30H,5-6,9-10,14-15H2,1-2H3,(H,27,32)(H,26,28,31)/b17-11+. The summed E-state index contributed by atoms with van der Waals surface area (Å²) < 4.78 is 5.42. The molecule has 2 aromatic rings. The number of hydrogen-bond donors (Lipinski definition) is 3. The minimum absolute atomic E-state index is 0.0421. The lowest BCUT2D eigenvalue weighted by Crippen LogP contribution is -2.48. The van der Waals surface area contributed by atoms with Crippen molar-refractivity contribution >= 4 is 35.1 Å². The highest BCUT2D eigenvalue weighted by Crippen LogP contribution is 2.30. The Kier molecular flexibility index (Phi) is 7.05. The van der Waals surface area contributed by atoms with Gasteiger partial charge in [0, 0.05) is 24.3 Å². The number of hydrogen-bond acceptors (Lipinski definition) is 5. The number of morpholine rings is 1. The number of carbonyl (C=O) groups excluding carboxylic acids is 2. The second kappa shape index (κ2) is 10.1. The van der Waals surface area contributed by atoms with Gasteiger partial charge in [-0.3, -0.25) is 4.79 Å². The topological polar surface area (TPSA) is 104 Å². The van der Waals surface area contributed by atoms with Gasteiger partial charge in [0.1, 0.15) is 5.82 Å². The first-order valence-electron chi connectivity index (χ1n) is 11.3. The molecule has 2 heterocycles. The predicted octanol–water partition coefficient (Wildman–Crippen LogP) is 3.52. The highest BCUT2D eigenvalue weighted by atomic mass is 16.5. The highest BCUT2D eigenvalue weighted by Gasteiger charge is 2.29. The molecule has 8 heteroatoms. The normalized spacial score (nSPS) is 18.7. The van der Waals surface area contributed by atoms with Gasteiger partial charge < -0.3 is 25.4 Å². The Hall–Kier alpha value is -3.23. The molecule has 2 aliphatic rings. The van der Waals surface area contributed by atoms with Crippen LogP contribution in [0.15, 0.2) is 36.5 Å². The summed E-state index contributed by atoms with van der Waals surface area (Å²) in [6, 6.07) is 9.35. The summed E-state index contributed by atoms with van der Waals surface area (Å²) in [6.07, 6.45) is 5.34. The maximum Gasteiger partial charge on any atom is 0.322 e. The van der Waals surface area contributed by atoms with Gasteiger partial charge in [-0.05, 0) is 79.3 Å². The van der Waals surface area contributed by atoms with Crippen molar-refractivity contribution in [3.8, 4) is 0 Å². The number of ether oxygens (including phenoxy) is 1. The van der Waals surface area contributed by atoms with Crippen LogP contribution in [0.4, 0.5) is 16.3 Å². The Morgan fingerprint density at radius 3 is 2.76 bits per heavy atom. The minimum Gasteiger partial charge on any atom is -0.394 e. The van der Waals surface area contributed by atoms with Crippen LogP contribution in [0.2, 0.25) is 0 Å². The quantitative estimate of drug-likeness (QED) is 0.625. The molecule has 2 fully saturated rings.